The fraction of sp³-hybridized carbons (Fsp3) is 0.500. The first kappa shape index (κ1) is 16.0. The molecule has 0 radical (unpaired) electrons. The van der Waals surface area contributed by atoms with Crippen LogP contribution in [0.3, 0.4) is 0 Å². The largest absolute Gasteiger partial charge is 0.380 e. The van der Waals surface area contributed by atoms with Gasteiger partial charge in [0, 0.05) is 30.0 Å². The molecule has 5 heteroatoms. The van der Waals surface area contributed by atoms with Crippen molar-refractivity contribution >= 4 is 5.82 Å². The highest BCUT2D eigenvalue weighted by molar-refractivity contribution is 5.38. The van der Waals surface area contributed by atoms with E-state index in [-0.39, 0.29) is 16.6 Å². The molecule has 124 valence electrons. The molecule has 1 aliphatic heterocycles. The average molecular weight is 318 g/mol. The van der Waals surface area contributed by atoms with E-state index in [1.165, 1.54) is 6.07 Å². The lowest BCUT2D eigenvalue weighted by molar-refractivity contribution is 0.179. The molecule has 2 aromatic rings. The molecule has 0 aliphatic carbocycles. The molecule has 3 rings (SSSR count). The predicted molar refractivity (Wildman–Crippen MR) is 87.2 cm³/mol. The SMILES string of the molecule is CC(C)(C)c1cc(NCC2(c3cccc(F)c3)CCOC2)no1. The van der Waals surface area contributed by atoms with E-state index in [0.717, 1.165) is 17.7 Å². The Bertz CT molecular complexity index is 670. The van der Waals surface area contributed by atoms with Crippen molar-refractivity contribution < 1.29 is 13.7 Å². The number of hydrogen-bond acceptors (Lipinski definition) is 4. The number of ether oxygens (including phenoxy) is 1. The van der Waals surface area contributed by atoms with Crippen LogP contribution in [0.25, 0.3) is 0 Å². The maximum atomic E-state index is 13.6. The Morgan fingerprint density at radius 3 is 2.74 bits per heavy atom. The summed E-state index contributed by atoms with van der Waals surface area (Å²) >= 11 is 0. The second-order valence-electron chi connectivity index (χ2n) is 7.27. The lowest BCUT2D eigenvalue weighted by Gasteiger charge is -2.28. The van der Waals surface area contributed by atoms with Gasteiger partial charge in [0.15, 0.2) is 5.82 Å². The number of aromatic nitrogens is 1. The number of nitrogens with zero attached hydrogens (tertiary/aromatic N) is 1. The van der Waals surface area contributed by atoms with E-state index >= 15 is 0 Å². The van der Waals surface area contributed by atoms with Gasteiger partial charge in [-0.05, 0) is 24.1 Å². The number of hydrogen-bond donors (Lipinski definition) is 1. The normalized spacial score (nSPS) is 21.6. The van der Waals surface area contributed by atoms with E-state index in [4.69, 9.17) is 9.26 Å². The van der Waals surface area contributed by atoms with Gasteiger partial charge in [-0.2, -0.15) is 0 Å². The number of rotatable bonds is 4. The van der Waals surface area contributed by atoms with Crippen molar-refractivity contribution in [1.29, 1.82) is 0 Å². The van der Waals surface area contributed by atoms with Crippen LogP contribution in [0.5, 0.6) is 0 Å². The van der Waals surface area contributed by atoms with E-state index < -0.39 is 0 Å². The molecular formula is C18H23FN2O2. The van der Waals surface area contributed by atoms with Crippen LogP contribution < -0.4 is 5.32 Å². The van der Waals surface area contributed by atoms with E-state index in [1.807, 2.05) is 12.1 Å². The molecule has 1 fully saturated rings. The quantitative estimate of drug-likeness (QED) is 0.929. The molecule has 0 amide bonds. The Morgan fingerprint density at radius 1 is 1.30 bits per heavy atom. The van der Waals surface area contributed by atoms with Crippen LogP contribution in [0.2, 0.25) is 0 Å². The summed E-state index contributed by atoms with van der Waals surface area (Å²) in [6.07, 6.45) is 0.855. The van der Waals surface area contributed by atoms with Crippen LogP contribution in [-0.2, 0) is 15.6 Å². The molecule has 1 saturated heterocycles. The topological polar surface area (TPSA) is 47.3 Å². The van der Waals surface area contributed by atoms with Crippen molar-refractivity contribution in [1.82, 2.24) is 5.16 Å². The van der Waals surface area contributed by atoms with Crippen LogP contribution >= 0.6 is 0 Å². The molecule has 0 bridgehead atoms. The minimum absolute atomic E-state index is 0.0797. The first-order chi connectivity index (χ1) is 10.9. The molecule has 1 atom stereocenters. The first-order valence-electron chi connectivity index (χ1n) is 7.94. The maximum absolute atomic E-state index is 13.6. The van der Waals surface area contributed by atoms with Gasteiger partial charge in [0.1, 0.15) is 11.6 Å². The number of benzene rings is 1. The summed E-state index contributed by atoms with van der Waals surface area (Å²) in [7, 11) is 0. The molecule has 2 heterocycles. The van der Waals surface area contributed by atoms with Crippen LogP contribution in [-0.4, -0.2) is 24.9 Å². The second kappa shape index (κ2) is 5.96. The number of nitrogens with one attached hydrogen (secondary N) is 1. The monoisotopic (exact) mass is 318 g/mol. The second-order valence-corrected chi connectivity index (χ2v) is 7.27. The molecule has 0 saturated carbocycles. The van der Waals surface area contributed by atoms with Crippen molar-refractivity contribution in [3.05, 3.63) is 47.5 Å². The molecule has 1 unspecified atom stereocenters. The third-order valence-electron chi connectivity index (χ3n) is 4.40. The van der Waals surface area contributed by atoms with E-state index in [9.17, 15) is 4.39 Å². The van der Waals surface area contributed by atoms with E-state index in [1.54, 1.807) is 12.1 Å². The summed E-state index contributed by atoms with van der Waals surface area (Å²) in [6, 6.07) is 8.70. The van der Waals surface area contributed by atoms with Gasteiger partial charge in [-0.1, -0.05) is 38.1 Å². The van der Waals surface area contributed by atoms with Crippen molar-refractivity contribution in [2.24, 2.45) is 0 Å². The van der Waals surface area contributed by atoms with Gasteiger partial charge in [0.25, 0.3) is 0 Å². The lowest BCUT2D eigenvalue weighted by atomic mass is 9.79. The Kier molecular flexibility index (Phi) is 4.15. The summed E-state index contributed by atoms with van der Waals surface area (Å²) in [5.74, 6) is 1.32. The van der Waals surface area contributed by atoms with Crippen molar-refractivity contribution in [3.63, 3.8) is 0 Å². The van der Waals surface area contributed by atoms with Gasteiger partial charge >= 0.3 is 0 Å². The van der Waals surface area contributed by atoms with E-state index in [2.05, 4.69) is 31.2 Å². The minimum atomic E-state index is -0.233. The average Bonchev–Trinajstić information content (AvgIpc) is 3.15. The molecule has 23 heavy (non-hydrogen) atoms. The van der Waals surface area contributed by atoms with Crippen molar-refractivity contribution in [2.45, 2.75) is 38.0 Å². The molecule has 1 aromatic heterocycles. The fourth-order valence-electron chi connectivity index (χ4n) is 2.87. The lowest BCUT2D eigenvalue weighted by Crippen LogP contribution is -2.35. The van der Waals surface area contributed by atoms with Crippen molar-refractivity contribution in [2.75, 3.05) is 25.1 Å². The number of halogens is 1. The Balaban J connectivity index is 1.77. The maximum Gasteiger partial charge on any atom is 0.169 e. The molecule has 1 aromatic carbocycles. The summed E-state index contributed by atoms with van der Waals surface area (Å²) < 4.78 is 24.6. The zero-order valence-corrected chi connectivity index (χ0v) is 13.9. The first-order valence-corrected chi connectivity index (χ1v) is 7.94. The Hall–Kier alpha value is -1.88. The van der Waals surface area contributed by atoms with Gasteiger partial charge in [-0.25, -0.2) is 4.39 Å². The highest BCUT2D eigenvalue weighted by Crippen LogP contribution is 2.34. The highest BCUT2D eigenvalue weighted by Gasteiger charge is 2.37. The minimum Gasteiger partial charge on any atom is -0.380 e. The van der Waals surface area contributed by atoms with Crippen LogP contribution in [0, 0.1) is 5.82 Å². The Labute approximate surface area is 136 Å². The smallest absolute Gasteiger partial charge is 0.169 e. The molecule has 4 nitrogen and oxygen atoms in total. The predicted octanol–water partition coefficient (Wildman–Crippen LogP) is 3.88. The Morgan fingerprint density at radius 2 is 2.13 bits per heavy atom. The zero-order chi connectivity index (χ0) is 16.5. The van der Waals surface area contributed by atoms with Gasteiger partial charge in [0.05, 0.1) is 6.61 Å². The van der Waals surface area contributed by atoms with Crippen LogP contribution in [0.15, 0.2) is 34.9 Å². The molecule has 1 N–H and O–H groups in total. The summed E-state index contributed by atoms with van der Waals surface area (Å²) in [6.45, 7) is 8.13. The fourth-order valence-corrected chi connectivity index (χ4v) is 2.87. The van der Waals surface area contributed by atoms with Gasteiger partial charge in [-0.3, -0.25) is 0 Å². The summed E-state index contributed by atoms with van der Waals surface area (Å²) in [5.41, 5.74) is 0.647. The summed E-state index contributed by atoms with van der Waals surface area (Å²) in [5, 5.41) is 7.42. The van der Waals surface area contributed by atoms with Gasteiger partial charge < -0.3 is 14.6 Å². The van der Waals surface area contributed by atoms with Gasteiger partial charge in [0.2, 0.25) is 0 Å². The highest BCUT2D eigenvalue weighted by atomic mass is 19.1. The third-order valence-corrected chi connectivity index (χ3v) is 4.40. The summed E-state index contributed by atoms with van der Waals surface area (Å²) in [4.78, 5) is 0. The molecule has 1 aliphatic rings. The van der Waals surface area contributed by atoms with Crippen molar-refractivity contribution in [3.8, 4) is 0 Å². The molecule has 0 spiro atoms. The van der Waals surface area contributed by atoms with E-state index in [0.29, 0.717) is 25.6 Å². The standard InChI is InChI=1S/C18H23FN2O2/c1-17(2,3)15-10-16(21-23-15)20-11-18(7-8-22-12-18)13-5-4-6-14(19)9-13/h4-6,9-10H,7-8,11-12H2,1-3H3,(H,20,21). The number of anilines is 1. The zero-order valence-electron chi connectivity index (χ0n) is 13.9. The van der Waals surface area contributed by atoms with Crippen LogP contribution in [0.4, 0.5) is 10.2 Å². The van der Waals surface area contributed by atoms with Gasteiger partial charge in [-0.15, -0.1) is 0 Å². The third kappa shape index (κ3) is 3.39. The van der Waals surface area contributed by atoms with Crippen LogP contribution in [0.1, 0.15) is 38.5 Å². The molecular weight excluding hydrogens is 295 g/mol.